The molecule has 5 nitrogen and oxygen atoms in total. The van der Waals surface area contributed by atoms with Gasteiger partial charge < -0.3 is 10.2 Å². The number of aromatic nitrogens is 2. The molecule has 1 aromatic heterocycles. The molecule has 0 amide bonds. The van der Waals surface area contributed by atoms with E-state index < -0.39 is 11.7 Å². The average molecular weight is 397 g/mol. The zero-order chi connectivity index (χ0) is 19.6. The Bertz CT molecular complexity index is 810. The minimum absolute atomic E-state index is 0.350. The van der Waals surface area contributed by atoms with Crippen LogP contribution in [0, 0.1) is 6.92 Å². The number of anilines is 1. The molecule has 1 aliphatic rings. The SMILES string of the molecule is Cc1nn(C)cc1CN1CCN(C(=S)Nc2cccc(C(F)(F)F)c2)CC1. The van der Waals surface area contributed by atoms with Gasteiger partial charge in [0.1, 0.15) is 0 Å². The van der Waals surface area contributed by atoms with Crippen molar-refractivity contribution in [3.63, 3.8) is 0 Å². The van der Waals surface area contributed by atoms with Gasteiger partial charge >= 0.3 is 6.18 Å². The van der Waals surface area contributed by atoms with E-state index in [0.717, 1.165) is 50.6 Å². The van der Waals surface area contributed by atoms with Gasteiger partial charge in [-0.05, 0) is 37.3 Å². The maximum Gasteiger partial charge on any atom is 0.416 e. The number of nitrogens with zero attached hydrogens (tertiary/aromatic N) is 4. The molecule has 2 aromatic rings. The van der Waals surface area contributed by atoms with Crippen LogP contribution in [-0.2, 0) is 19.8 Å². The Morgan fingerprint density at radius 1 is 1.22 bits per heavy atom. The van der Waals surface area contributed by atoms with Crippen molar-refractivity contribution in [3.8, 4) is 0 Å². The first-order chi connectivity index (χ1) is 12.7. The Labute approximate surface area is 161 Å². The lowest BCUT2D eigenvalue weighted by atomic mass is 10.2. The minimum Gasteiger partial charge on any atom is -0.346 e. The van der Waals surface area contributed by atoms with Crippen LogP contribution in [-0.4, -0.2) is 50.9 Å². The van der Waals surface area contributed by atoms with Crippen LogP contribution in [0.3, 0.4) is 0 Å². The van der Waals surface area contributed by atoms with Gasteiger partial charge in [0, 0.05) is 57.2 Å². The minimum atomic E-state index is -4.37. The molecule has 0 radical (unpaired) electrons. The van der Waals surface area contributed by atoms with Gasteiger partial charge in [-0.25, -0.2) is 0 Å². The first kappa shape index (κ1) is 19.6. The summed E-state index contributed by atoms with van der Waals surface area (Å²) in [5.74, 6) is 0. The van der Waals surface area contributed by atoms with Gasteiger partial charge in [0.25, 0.3) is 0 Å². The fraction of sp³-hybridized carbons (Fsp3) is 0.444. The molecule has 27 heavy (non-hydrogen) atoms. The van der Waals surface area contributed by atoms with Gasteiger partial charge in [0.2, 0.25) is 0 Å². The smallest absolute Gasteiger partial charge is 0.346 e. The second-order valence-electron chi connectivity index (χ2n) is 6.69. The number of piperazine rings is 1. The third kappa shape index (κ3) is 4.98. The van der Waals surface area contributed by atoms with E-state index in [-0.39, 0.29) is 0 Å². The first-order valence-corrected chi connectivity index (χ1v) is 9.08. The van der Waals surface area contributed by atoms with Crippen LogP contribution in [0.4, 0.5) is 18.9 Å². The number of hydrogen-bond donors (Lipinski definition) is 1. The number of halogens is 3. The van der Waals surface area contributed by atoms with Crippen LogP contribution >= 0.6 is 12.2 Å². The Morgan fingerprint density at radius 3 is 2.52 bits per heavy atom. The number of alkyl halides is 3. The fourth-order valence-electron chi connectivity index (χ4n) is 3.13. The predicted octanol–water partition coefficient (Wildman–Crippen LogP) is 3.26. The zero-order valence-electron chi connectivity index (χ0n) is 15.3. The van der Waals surface area contributed by atoms with Gasteiger partial charge in [-0.3, -0.25) is 9.58 Å². The summed E-state index contributed by atoms with van der Waals surface area (Å²) in [6.45, 7) is 5.95. The first-order valence-electron chi connectivity index (χ1n) is 8.67. The van der Waals surface area contributed by atoms with Crippen molar-refractivity contribution in [1.29, 1.82) is 0 Å². The van der Waals surface area contributed by atoms with Crippen molar-refractivity contribution in [2.75, 3.05) is 31.5 Å². The molecule has 9 heteroatoms. The molecule has 2 heterocycles. The average Bonchev–Trinajstić information content (AvgIpc) is 2.92. The zero-order valence-corrected chi connectivity index (χ0v) is 16.1. The lowest BCUT2D eigenvalue weighted by Gasteiger charge is -2.36. The van der Waals surface area contributed by atoms with Crippen LogP contribution in [0.1, 0.15) is 16.8 Å². The monoisotopic (exact) mass is 397 g/mol. The highest BCUT2D eigenvalue weighted by Gasteiger charge is 2.30. The van der Waals surface area contributed by atoms with Crippen molar-refractivity contribution in [2.24, 2.45) is 7.05 Å². The van der Waals surface area contributed by atoms with Crippen molar-refractivity contribution in [1.82, 2.24) is 19.6 Å². The van der Waals surface area contributed by atoms with E-state index in [9.17, 15) is 13.2 Å². The summed E-state index contributed by atoms with van der Waals surface area (Å²) in [5, 5.41) is 7.74. The van der Waals surface area contributed by atoms with Crippen molar-refractivity contribution in [3.05, 3.63) is 47.3 Å². The number of hydrogen-bond acceptors (Lipinski definition) is 3. The third-order valence-corrected chi connectivity index (χ3v) is 4.97. The Hall–Kier alpha value is -2.13. The lowest BCUT2D eigenvalue weighted by molar-refractivity contribution is -0.137. The van der Waals surface area contributed by atoms with Gasteiger partial charge in [-0.2, -0.15) is 18.3 Å². The molecule has 0 bridgehead atoms. The molecule has 1 aromatic carbocycles. The van der Waals surface area contributed by atoms with Gasteiger partial charge in [-0.15, -0.1) is 0 Å². The number of thiocarbonyl (C=S) groups is 1. The molecule has 0 aliphatic carbocycles. The maximum atomic E-state index is 12.8. The van der Waals surface area contributed by atoms with E-state index >= 15 is 0 Å². The molecule has 0 spiro atoms. The van der Waals surface area contributed by atoms with Crippen LogP contribution in [0.25, 0.3) is 0 Å². The summed E-state index contributed by atoms with van der Waals surface area (Å²) in [4.78, 5) is 4.32. The largest absolute Gasteiger partial charge is 0.416 e. The Morgan fingerprint density at radius 2 is 1.93 bits per heavy atom. The summed E-state index contributed by atoms with van der Waals surface area (Å²) in [5.41, 5.74) is 1.90. The fourth-order valence-corrected chi connectivity index (χ4v) is 3.43. The molecular formula is C18H22F3N5S. The second kappa shape index (κ2) is 7.85. The summed E-state index contributed by atoms with van der Waals surface area (Å²) in [7, 11) is 1.91. The number of rotatable bonds is 3. The third-order valence-electron chi connectivity index (χ3n) is 4.61. The molecule has 1 fully saturated rings. The highest BCUT2D eigenvalue weighted by molar-refractivity contribution is 7.80. The molecule has 0 unspecified atom stereocenters. The van der Waals surface area contributed by atoms with Gasteiger partial charge in [-0.1, -0.05) is 6.07 Å². The summed E-state index contributed by atoms with van der Waals surface area (Å²) in [6.07, 6.45) is -2.34. The Balaban J connectivity index is 1.53. The number of benzene rings is 1. The topological polar surface area (TPSA) is 36.3 Å². The van der Waals surface area contributed by atoms with Crippen LogP contribution in [0.5, 0.6) is 0 Å². The van der Waals surface area contributed by atoms with Gasteiger partial charge in [0.15, 0.2) is 5.11 Å². The molecule has 1 aliphatic heterocycles. The highest BCUT2D eigenvalue weighted by atomic mass is 32.1. The van der Waals surface area contributed by atoms with E-state index in [0.29, 0.717) is 10.8 Å². The van der Waals surface area contributed by atoms with Crippen molar-refractivity contribution in [2.45, 2.75) is 19.6 Å². The van der Waals surface area contributed by atoms with E-state index in [4.69, 9.17) is 12.2 Å². The van der Waals surface area contributed by atoms with Crippen LogP contribution in [0.15, 0.2) is 30.5 Å². The van der Waals surface area contributed by atoms with E-state index in [2.05, 4.69) is 15.3 Å². The predicted molar refractivity (Wildman–Crippen MR) is 102 cm³/mol. The Kier molecular flexibility index (Phi) is 5.71. The lowest BCUT2D eigenvalue weighted by Crippen LogP contribution is -2.49. The van der Waals surface area contributed by atoms with Crippen molar-refractivity contribution >= 4 is 23.0 Å². The van der Waals surface area contributed by atoms with E-state index in [1.165, 1.54) is 11.6 Å². The maximum absolute atomic E-state index is 12.8. The molecule has 1 N–H and O–H groups in total. The molecular weight excluding hydrogens is 375 g/mol. The van der Waals surface area contributed by atoms with Crippen LogP contribution < -0.4 is 5.32 Å². The molecule has 146 valence electrons. The molecule has 3 rings (SSSR count). The van der Waals surface area contributed by atoms with Gasteiger partial charge in [0.05, 0.1) is 11.3 Å². The normalized spacial score (nSPS) is 15.8. The summed E-state index contributed by atoms with van der Waals surface area (Å²) >= 11 is 5.39. The van der Waals surface area contributed by atoms with Crippen molar-refractivity contribution < 1.29 is 13.2 Å². The summed E-state index contributed by atoms with van der Waals surface area (Å²) in [6, 6.07) is 5.09. The van der Waals surface area contributed by atoms with E-state index in [1.807, 2.05) is 29.7 Å². The van der Waals surface area contributed by atoms with Crippen LogP contribution in [0.2, 0.25) is 0 Å². The standard InChI is InChI=1S/C18H22F3N5S/c1-13-14(11-24(2)23-13)12-25-6-8-26(9-7-25)17(27)22-16-5-3-4-15(10-16)18(19,20)21/h3-5,10-11H,6-9,12H2,1-2H3,(H,22,27). The quantitative estimate of drug-likeness (QED) is 0.805. The number of nitrogens with one attached hydrogen (secondary N) is 1. The second-order valence-corrected chi connectivity index (χ2v) is 7.07. The van der Waals surface area contributed by atoms with E-state index in [1.54, 1.807) is 6.07 Å². The molecule has 1 saturated heterocycles. The summed E-state index contributed by atoms with van der Waals surface area (Å²) < 4.78 is 40.3. The highest BCUT2D eigenvalue weighted by Crippen LogP contribution is 2.30. The number of aryl methyl sites for hydroxylation is 2. The molecule has 0 saturated carbocycles. The molecule has 0 atom stereocenters.